The second-order valence-electron chi connectivity index (χ2n) is 3.39. The Labute approximate surface area is 96.8 Å². The minimum Gasteiger partial charge on any atom is -0.468 e. The number of hydrogen-bond donors (Lipinski definition) is 1. The average Bonchev–Trinajstić information content (AvgIpc) is 2.72. The van der Waals surface area contributed by atoms with Crippen LogP contribution in [0.2, 0.25) is 0 Å². The van der Waals surface area contributed by atoms with Crippen LogP contribution in [0.1, 0.15) is 0 Å². The molecule has 0 aliphatic rings. The standard InChI is InChI=1S/C11H11N3O3/c1-17-11(16)7-14-10(15)6-9(13-14)8-4-2-3-5-12-8/h2-6,13H,7H2,1H3. The zero-order valence-corrected chi connectivity index (χ0v) is 9.21. The maximum absolute atomic E-state index is 11.6. The summed E-state index contributed by atoms with van der Waals surface area (Å²) in [6.07, 6.45) is 1.63. The summed E-state index contributed by atoms with van der Waals surface area (Å²) >= 11 is 0. The van der Waals surface area contributed by atoms with Crippen molar-refractivity contribution in [2.24, 2.45) is 0 Å². The van der Waals surface area contributed by atoms with Gasteiger partial charge in [-0.1, -0.05) is 6.07 Å². The predicted octanol–water partition coefficient (Wildman–Crippen LogP) is 0.411. The third kappa shape index (κ3) is 2.41. The highest BCUT2D eigenvalue weighted by atomic mass is 16.5. The SMILES string of the molecule is COC(=O)Cn1[nH]c(-c2ccccn2)cc1=O. The van der Waals surface area contributed by atoms with E-state index < -0.39 is 5.97 Å². The van der Waals surface area contributed by atoms with E-state index in [2.05, 4.69) is 14.8 Å². The van der Waals surface area contributed by atoms with Crippen LogP contribution >= 0.6 is 0 Å². The fourth-order valence-electron chi connectivity index (χ4n) is 1.40. The summed E-state index contributed by atoms with van der Waals surface area (Å²) in [5.74, 6) is -0.485. The molecule has 0 aliphatic heterocycles. The second-order valence-corrected chi connectivity index (χ2v) is 3.39. The molecule has 0 aromatic carbocycles. The monoisotopic (exact) mass is 233 g/mol. The van der Waals surface area contributed by atoms with Gasteiger partial charge in [-0.15, -0.1) is 0 Å². The molecular formula is C11H11N3O3. The molecule has 2 aromatic heterocycles. The molecule has 0 amide bonds. The van der Waals surface area contributed by atoms with E-state index in [9.17, 15) is 9.59 Å². The van der Waals surface area contributed by atoms with Crippen LogP contribution in [-0.4, -0.2) is 27.8 Å². The topological polar surface area (TPSA) is 77.0 Å². The molecule has 0 unspecified atom stereocenters. The van der Waals surface area contributed by atoms with E-state index in [0.29, 0.717) is 11.4 Å². The van der Waals surface area contributed by atoms with Crippen LogP contribution in [-0.2, 0) is 16.1 Å². The number of aromatic nitrogens is 3. The number of aromatic amines is 1. The zero-order chi connectivity index (χ0) is 12.3. The smallest absolute Gasteiger partial charge is 0.327 e. The van der Waals surface area contributed by atoms with Crippen molar-refractivity contribution in [2.45, 2.75) is 6.54 Å². The zero-order valence-electron chi connectivity index (χ0n) is 9.21. The Morgan fingerprint density at radius 2 is 2.35 bits per heavy atom. The number of carbonyl (C=O) groups is 1. The van der Waals surface area contributed by atoms with Crippen molar-refractivity contribution in [1.29, 1.82) is 0 Å². The van der Waals surface area contributed by atoms with Crippen molar-refractivity contribution in [2.75, 3.05) is 7.11 Å². The van der Waals surface area contributed by atoms with Gasteiger partial charge in [-0.2, -0.15) is 0 Å². The summed E-state index contributed by atoms with van der Waals surface area (Å²) in [5.41, 5.74) is 0.920. The lowest BCUT2D eigenvalue weighted by molar-refractivity contribution is -0.141. The number of carbonyl (C=O) groups excluding carboxylic acids is 1. The molecule has 2 heterocycles. The Kier molecular flexibility index (Phi) is 3.04. The maximum atomic E-state index is 11.6. The van der Waals surface area contributed by atoms with Crippen molar-refractivity contribution in [1.82, 2.24) is 14.8 Å². The van der Waals surface area contributed by atoms with Gasteiger partial charge in [0.25, 0.3) is 5.56 Å². The number of pyridine rings is 1. The molecule has 17 heavy (non-hydrogen) atoms. The normalized spacial score (nSPS) is 10.2. The van der Waals surface area contributed by atoms with Gasteiger partial charge in [0, 0.05) is 12.3 Å². The number of rotatable bonds is 3. The molecule has 1 N–H and O–H groups in total. The molecule has 2 rings (SSSR count). The average molecular weight is 233 g/mol. The lowest BCUT2D eigenvalue weighted by atomic mass is 10.3. The number of nitrogens with zero attached hydrogens (tertiary/aromatic N) is 2. The summed E-state index contributed by atoms with van der Waals surface area (Å²) in [5, 5.41) is 2.80. The lowest BCUT2D eigenvalue weighted by Crippen LogP contribution is -2.22. The second kappa shape index (κ2) is 4.65. The van der Waals surface area contributed by atoms with Crippen LogP contribution in [0.4, 0.5) is 0 Å². The van der Waals surface area contributed by atoms with Gasteiger partial charge >= 0.3 is 5.97 Å². The highest BCUT2D eigenvalue weighted by molar-refractivity contribution is 5.69. The van der Waals surface area contributed by atoms with Crippen molar-refractivity contribution in [3.8, 4) is 11.4 Å². The summed E-state index contributed by atoms with van der Waals surface area (Å²) in [6, 6.07) is 6.77. The minimum absolute atomic E-state index is 0.137. The molecule has 0 spiro atoms. The van der Waals surface area contributed by atoms with E-state index in [0.717, 1.165) is 0 Å². The quantitative estimate of drug-likeness (QED) is 0.779. The largest absolute Gasteiger partial charge is 0.468 e. The first-order valence-corrected chi connectivity index (χ1v) is 4.99. The third-order valence-electron chi connectivity index (χ3n) is 2.24. The maximum Gasteiger partial charge on any atom is 0.327 e. The van der Waals surface area contributed by atoms with E-state index in [1.165, 1.54) is 17.9 Å². The van der Waals surface area contributed by atoms with Gasteiger partial charge in [0.05, 0.1) is 18.5 Å². The molecule has 0 fully saturated rings. The fraction of sp³-hybridized carbons (Fsp3) is 0.182. The van der Waals surface area contributed by atoms with Gasteiger partial charge in [-0.05, 0) is 12.1 Å². The Bertz CT molecular complexity index is 571. The summed E-state index contributed by atoms with van der Waals surface area (Å²) in [4.78, 5) is 26.7. The summed E-state index contributed by atoms with van der Waals surface area (Å²) in [6.45, 7) is -0.137. The van der Waals surface area contributed by atoms with Crippen LogP contribution in [0.15, 0.2) is 35.3 Å². The lowest BCUT2D eigenvalue weighted by Gasteiger charge is -2.00. The van der Waals surface area contributed by atoms with Crippen LogP contribution in [0, 0.1) is 0 Å². The van der Waals surface area contributed by atoms with E-state index in [-0.39, 0.29) is 12.1 Å². The highest BCUT2D eigenvalue weighted by Crippen LogP contribution is 2.10. The van der Waals surface area contributed by atoms with Crippen LogP contribution in [0.25, 0.3) is 11.4 Å². The molecule has 2 aromatic rings. The Balaban J connectivity index is 2.31. The summed E-state index contributed by atoms with van der Waals surface area (Å²) in [7, 11) is 1.27. The van der Waals surface area contributed by atoms with Gasteiger partial charge in [-0.25, -0.2) is 4.68 Å². The first kappa shape index (κ1) is 11.1. The van der Waals surface area contributed by atoms with E-state index in [1.807, 2.05) is 6.07 Å². The Morgan fingerprint density at radius 3 is 3.00 bits per heavy atom. The molecule has 0 aliphatic carbocycles. The number of esters is 1. The molecule has 0 bridgehead atoms. The molecular weight excluding hydrogens is 222 g/mol. The number of methoxy groups -OCH3 is 1. The Morgan fingerprint density at radius 1 is 1.53 bits per heavy atom. The highest BCUT2D eigenvalue weighted by Gasteiger charge is 2.09. The molecule has 0 saturated heterocycles. The van der Waals surface area contributed by atoms with Gasteiger partial charge < -0.3 is 4.74 Å². The fourth-order valence-corrected chi connectivity index (χ4v) is 1.40. The van der Waals surface area contributed by atoms with Gasteiger partial charge in [0.1, 0.15) is 6.54 Å². The van der Waals surface area contributed by atoms with E-state index in [4.69, 9.17) is 0 Å². The predicted molar refractivity (Wildman–Crippen MR) is 60.3 cm³/mol. The van der Waals surface area contributed by atoms with Crippen molar-refractivity contribution >= 4 is 5.97 Å². The number of ether oxygens (including phenoxy) is 1. The number of H-pyrrole nitrogens is 1. The molecule has 0 atom stereocenters. The van der Waals surface area contributed by atoms with Crippen molar-refractivity contribution in [3.05, 3.63) is 40.8 Å². The van der Waals surface area contributed by atoms with E-state index in [1.54, 1.807) is 18.3 Å². The van der Waals surface area contributed by atoms with Gasteiger partial charge in [-0.3, -0.25) is 19.7 Å². The van der Waals surface area contributed by atoms with E-state index >= 15 is 0 Å². The minimum atomic E-state index is -0.485. The van der Waals surface area contributed by atoms with Crippen molar-refractivity contribution < 1.29 is 9.53 Å². The first-order chi connectivity index (χ1) is 8.20. The molecule has 88 valence electrons. The molecule has 6 heteroatoms. The molecule has 0 radical (unpaired) electrons. The summed E-state index contributed by atoms with van der Waals surface area (Å²) < 4.78 is 5.67. The third-order valence-corrected chi connectivity index (χ3v) is 2.24. The van der Waals surface area contributed by atoms with Crippen LogP contribution in [0.3, 0.4) is 0 Å². The Hall–Kier alpha value is -2.37. The number of hydrogen-bond acceptors (Lipinski definition) is 4. The van der Waals surface area contributed by atoms with Crippen LogP contribution in [0.5, 0.6) is 0 Å². The molecule has 6 nitrogen and oxygen atoms in total. The van der Waals surface area contributed by atoms with Crippen LogP contribution < -0.4 is 5.56 Å². The van der Waals surface area contributed by atoms with Crippen molar-refractivity contribution in [3.63, 3.8) is 0 Å². The van der Waals surface area contributed by atoms with Gasteiger partial charge in [0.15, 0.2) is 0 Å². The molecule has 0 saturated carbocycles. The van der Waals surface area contributed by atoms with Gasteiger partial charge in [0.2, 0.25) is 0 Å². The first-order valence-electron chi connectivity index (χ1n) is 4.99. The number of nitrogens with one attached hydrogen (secondary N) is 1.